The lowest BCUT2D eigenvalue weighted by atomic mass is 9.76. The summed E-state index contributed by atoms with van der Waals surface area (Å²) in [5.74, 6) is 0.720. The summed E-state index contributed by atoms with van der Waals surface area (Å²) in [6.07, 6.45) is 2.24. The van der Waals surface area contributed by atoms with Crippen LogP contribution in [0.15, 0.2) is 28.7 Å². The van der Waals surface area contributed by atoms with Gasteiger partial charge >= 0.3 is 0 Å². The molecule has 0 heterocycles. The summed E-state index contributed by atoms with van der Waals surface area (Å²) in [6.45, 7) is 3.07. The number of hydrogen-bond donors (Lipinski definition) is 2. The van der Waals surface area contributed by atoms with Crippen molar-refractivity contribution in [2.24, 2.45) is 0 Å². The lowest BCUT2D eigenvalue weighted by Crippen LogP contribution is -2.44. The molecule has 2 N–H and O–H groups in total. The zero-order valence-corrected chi connectivity index (χ0v) is 12.2. The SMILES string of the molecule is CCNC(=O)CNC1CC(c2cccc(Br)c2)C1. The summed E-state index contributed by atoms with van der Waals surface area (Å²) >= 11 is 3.50. The molecule has 1 aliphatic carbocycles. The zero-order chi connectivity index (χ0) is 13.0. The van der Waals surface area contributed by atoms with Crippen molar-refractivity contribution in [1.82, 2.24) is 10.6 Å². The zero-order valence-electron chi connectivity index (χ0n) is 10.6. The third-order valence-corrected chi connectivity index (χ3v) is 3.88. The predicted octanol–water partition coefficient (Wildman–Crippen LogP) is 2.42. The maximum absolute atomic E-state index is 11.3. The van der Waals surface area contributed by atoms with Crippen LogP contribution in [0, 0.1) is 0 Å². The molecule has 1 amide bonds. The average molecular weight is 311 g/mol. The minimum Gasteiger partial charge on any atom is -0.355 e. The van der Waals surface area contributed by atoms with Crippen LogP contribution in [0.2, 0.25) is 0 Å². The van der Waals surface area contributed by atoms with Crippen molar-refractivity contribution < 1.29 is 4.79 Å². The standard InChI is InChI=1S/C14H19BrN2O/c1-2-16-14(18)9-17-13-7-11(8-13)10-4-3-5-12(15)6-10/h3-6,11,13,17H,2,7-9H2,1H3,(H,16,18). The van der Waals surface area contributed by atoms with Crippen molar-refractivity contribution in [2.45, 2.75) is 31.7 Å². The molecule has 0 aromatic heterocycles. The summed E-state index contributed by atoms with van der Waals surface area (Å²) in [5, 5.41) is 6.09. The third-order valence-electron chi connectivity index (χ3n) is 3.38. The Balaban J connectivity index is 1.72. The first-order valence-electron chi connectivity index (χ1n) is 6.44. The van der Waals surface area contributed by atoms with Gasteiger partial charge in [0, 0.05) is 17.1 Å². The van der Waals surface area contributed by atoms with Gasteiger partial charge in [-0.25, -0.2) is 0 Å². The Labute approximate surface area is 116 Å². The summed E-state index contributed by atoms with van der Waals surface area (Å²) in [7, 11) is 0. The monoisotopic (exact) mass is 310 g/mol. The van der Waals surface area contributed by atoms with E-state index in [1.54, 1.807) is 0 Å². The Bertz CT molecular complexity index is 416. The summed E-state index contributed by atoms with van der Waals surface area (Å²) in [5.41, 5.74) is 1.39. The van der Waals surface area contributed by atoms with Crippen LogP contribution >= 0.6 is 15.9 Å². The van der Waals surface area contributed by atoms with Crippen molar-refractivity contribution in [3.8, 4) is 0 Å². The van der Waals surface area contributed by atoms with Crippen LogP contribution in [0.25, 0.3) is 0 Å². The topological polar surface area (TPSA) is 41.1 Å². The highest BCUT2D eigenvalue weighted by Crippen LogP contribution is 2.37. The molecule has 1 aliphatic rings. The Kier molecular flexibility index (Phi) is 4.78. The van der Waals surface area contributed by atoms with E-state index in [1.165, 1.54) is 5.56 Å². The number of hydrogen-bond acceptors (Lipinski definition) is 2. The first kappa shape index (κ1) is 13.6. The van der Waals surface area contributed by atoms with Gasteiger partial charge in [0.2, 0.25) is 5.91 Å². The van der Waals surface area contributed by atoms with Crippen molar-refractivity contribution in [3.63, 3.8) is 0 Å². The van der Waals surface area contributed by atoms with Gasteiger partial charge in [0.15, 0.2) is 0 Å². The van der Waals surface area contributed by atoms with Crippen molar-refractivity contribution in [1.29, 1.82) is 0 Å². The van der Waals surface area contributed by atoms with Gasteiger partial charge in [-0.15, -0.1) is 0 Å². The molecule has 1 saturated carbocycles. The normalized spacial score (nSPS) is 22.3. The second-order valence-corrected chi connectivity index (χ2v) is 5.67. The molecule has 1 aromatic carbocycles. The van der Waals surface area contributed by atoms with Gasteiger partial charge in [-0.2, -0.15) is 0 Å². The Morgan fingerprint density at radius 3 is 2.89 bits per heavy atom. The van der Waals surface area contributed by atoms with Gasteiger partial charge in [-0.1, -0.05) is 28.1 Å². The van der Waals surface area contributed by atoms with Crippen LogP contribution in [0.5, 0.6) is 0 Å². The van der Waals surface area contributed by atoms with Crippen molar-refractivity contribution >= 4 is 21.8 Å². The third kappa shape index (κ3) is 3.56. The van der Waals surface area contributed by atoms with Gasteiger partial charge < -0.3 is 10.6 Å². The first-order chi connectivity index (χ1) is 8.69. The Morgan fingerprint density at radius 2 is 2.22 bits per heavy atom. The molecule has 1 fully saturated rings. The summed E-state index contributed by atoms with van der Waals surface area (Å²) in [6, 6.07) is 8.97. The van der Waals surface area contributed by atoms with Crippen LogP contribution < -0.4 is 10.6 Å². The van der Waals surface area contributed by atoms with Crippen LogP contribution in [0.4, 0.5) is 0 Å². The van der Waals surface area contributed by atoms with Gasteiger partial charge in [-0.3, -0.25) is 4.79 Å². The molecule has 0 bridgehead atoms. The number of rotatable bonds is 5. The lowest BCUT2D eigenvalue weighted by molar-refractivity contribution is -0.120. The van der Waals surface area contributed by atoms with E-state index in [2.05, 4.69) is 44.8 Å². The molecule has 0 spiro atoms. The van der Waals surface area contributed by atoms with E-state index in [4.69, 9.17) is 0 Å². The molecule has 0 saturated heterocycles. The van der Waals surface area contributed by atoms with E-state index >= 15 is 0 Å². The molecule has 1 aromatic rings. The van der Waals surface area contributed by atoms with Crippen molar-refractivity contribution in [2.75, 3.05) is 13.1 Å². The largest absolute Gasteiger partial charge is 0.355 e. The molecule has 0 atom stereocenters. The maximum atomic E-state index is 11.3. The fourth-order valence-corrected chi connectivity index (χ4v) is 2.73. The second kappa shape index (κ2) is 6.34. The van der Waals surface area contributed by atoms with Crippen LogP contribution in [-0.2, 0) is 4.79 Å². The Hall–Kier alpha value is -0.870. The number of nitrogens with one attached hydrogen (secondary N) is 2. The van der Waals surface area contributed by atoms with Gasteiger partial charge in [0.25, 0.3) is 0 Å². The van der Waals surface area contributed by atoms with Crippen LogP contribution in [0.3, 0.4) is 0 Å². The molecular formula is C14H19BrN2O. The molecular weight excluding hydrogens is 292 g/mol. The fraction of sp³-hybridized carbons (Fsp3) is 0.500. The maximum Gasteiger partial charge on any atom is 0.233 e. The Morgan fingerprint density at radius 1 is 1.44 bits per heavy atom. The van der Waals surface area contributed by atoms with E-state index in [1.807, 2.05) is 13.0 Å². The first-order valence-corrected chi connectivity index (χ1v) is 7.24. The fourth-order valence-electron chi connectivity index (χ4n) is 2.31. The highest BCUT2D eigenvalue weighted by molar-refractivity contribution is 9.10. The minimum atomic E-state index is 0.0865. The molecule has 18 heavy (non-hydrogen) atoms. The number of benzene rings is 1. The predicted molar refractivity (Wildman–Crippen MR) is 76.6 cm³/mol. The van der Waals surface area contributed by atoms with Crippen LogP contribution in [0.1, 0.15) is 31.2 Å². The molecule has 2 rings (SSSR count). The molecule has 0 unspecified atom stereocenters. The number of halogens is 1. The van der Waals surface area contributed by atoms with E-state index in [0.29, 0.717) is 25.0 Å². The number of carbonyl (C=O) groups is 1. The van der Waals surface area contributed by atoms with E-state index < -0.39 is 0 Å². The molecule has 0 radical (unpaired) electrons. The second-order valence-electron chi connectivity index (χ2n) is 4.75. The summed E-state index contributed by atoms with van der Waals surface area (Å²) < 4.78 is 1.14. The summed E-state index contributed by atoms with van der Waals surface area (Å²) in [4.78, 5) is 11.3. The minimum absolute atomic E-state index is 0.0865. The number of likely N-dealkylation sites (N-methyl/N-ethyl adjacent to an activating group) is 1. The van der Waals surface area contributed by atoms with Crippen molar-refractivity contribution in [3.05, 3.63) is 34.3 Å². The van der Waals surface area contributed by atoms with Gasteiger partial charge in [0.05, 0.1) is 6.54 Å². The van der Waals surface area contributed by atoms with Gasteiger partial charge in [-0.05, 0) is 43.4 Å². The van der Waals surface area contributed by atoms with Gasteiger partial charge in [0.1, 0.15) is 0 Å². The average Bonchev–Trinajstić information content (AvgIpc) is 2.27. The molecule has 0 aliphatic heterocycles. The van der Waals surface area contributed by atoms with E-state index in [-0.39, 0.29) is 5.91 Å². The van der Waals surface area contributed by atoms with Crippen LogP contribution in [-0.4, -0.2) is 25.0 Å². The number of carbonyl (C=O) groups excluding carboxylic acids is 1. The smallest absolute Gasteiger partial charge is 0.233 e. The quantitative estimate of drug-likeness (QED) is 0.877. The molecule has 4 heteroatoms. The molecule has 98 valence electrons. The number of amides is 1. The lowest BCUT2D eigenvalue weighted by Gasteiger charge is -2.36. The molecule has 3 nitrogen and oxygen atoms in total. The van der Waals surface area contributed by atoms with E-state index in [9.17, 15) is 4.79 Å². The highest BCUT2D eigenvalue weighted by Gasteiger charge is 2.30. The highest BCUT2D eigenvalue weighted by atomic mass is 79.9. The van der Waals surface area contributed by atoms with E-state index in [0.717, 1.165) is 17.3 Å².